The van der Waals surface area contributed by atoms with Gasteiger partial charge in [0.1, 0.15) is 5.84 Å². The molecule has 2 aliphatic heterocycles. The zero-order valence-electron chi connectivity index (χ0n) is 14.5. The highest BCUT2D eigenvalue weighted by Crippen LogP contribution is 2.18. The van der Waals surface area contributed by atoms with Crippen molar-refractivity contribution in [2.75, 3.05) is 12.3 Å². The van der Waals surface area contributed by atoms with Gasteiger partial charge in [-0.3, -0.25) is 4.79 Å². The van der Waals surface area contributed by atoms with Crippen LogP contribution >= 0.6 is 0 Å². The highest BCUT2D eigenvalue weighted by Gasteiger charge is 2.24. The Hall–Kier alpha value is -2.41. The lowest BCUT2D eigenvalue weighted by Gasteiger charge is -2.27. The SMILES string of the molecule is Cc1cc(C)c(CNC(=O)C2=CN3CCS(=O)(=O)N=C3C=C2)c(C)c1. The third kappa shape index (κ3) is 3.82. The van der Waals surface area contributed by atoms with E-state index in [9.17, 15) is 13.2 Å². The smallest absolute Gasteiger partial charge is 0.256 e. The fourth-order valence-corrected chi connectivity index (χ4v) is 4.06. The van der Waals surface area contributed by atoms with Crippen molar-refractivity contribution in [3.8, 4) is 0 Å². The molecule has 0 aromatic heterocycles. The van der Waals surface area contributed by atoms with Crippen molar-refractivity contribution in [3.05, 3.63) is 58.3 Å². The van der Waals surface area contributed by atoms with Gasteiger partial charge in [-0.2, -0.15) is 0 Å². The molecule has 25 heavy (non-hydrogen) atoms. The Kier molecular flexibility index (Phi) is 4.51. The maximum Gasteiger partial charge on any atom is 0.256 e. The first-order valence-corrected chi connectivity index (χ1v) is 9.70. The summed E-state index contributed by atoms with van der Waals surface area (Å²) in [5, 5.41) is 2.94. The molecule has 2 aliphatic rings. The Balaban J connectivity index is 1.72. The maximum absolute atomic E-state index is 12.4. The van der Waals surface area contributed by atoms with Crippen molar-refractivity contribution in [3.63, 3.8) is 0 Å². The summed E-state index contributed by atoms with van der Waals surface area (Å²) in [4.78, 5) is 14.1. The zero-order chi connectivity index (χ0) is 18.2. The minimum atomic E-state index is -3.38. The summed E-state index contributed by atoms with van der Waals surface area (Å²) in [7, 11) is -3.38. The van der Waals surface area contributed by atoms with Gasteiger partial charge in [-0.1, -0.05) is 17.7 Å². The van der Waals surface area contributed by atoms with Gasteiger partial charge in [-0.05, 0) is 49.6 Å². The van der Waals surface area contributed by atoms with Gasteiger partial charge in [-0.15, -0.1) is 4.40 Å². The number of benzene rings is 1. The van der Waals surface area contributed by atoms with Gasteiger partial charge >= 0.3 is 0 Å². The van der Waals surface area contributed by atoms with Crippen molar-refractivity contribution in [2.45, 2.75) is 27.3 Å². The van der Waals surface area contributed by atoms with Crippen LogP contribution in [0.1, 0.15) is 22.3 Å². The Morgan fingerprint density at radius 1 is 1.20 bits per heavy atom. The van der Waals surface area contributed by atoms with E-state index in [-0.39, 0.29) is 11.7 Å². The Bertz CT molecular complexity index is 904. The summed E-state index contributed by atoms with van der Waals surface area (Å²) < 4.78 is 26.7. The second-order valence-electron chi connectivity index (χ2n) is 6.41. The molecule has 2 heterocycles. The largest absolute Gasteiger partial charge is 0.348 e. The molecule has 132 valence electrons. The molecule has 0 unspecified atom stereocenters. The molecular formula is C18H21N3O3S. The van der Waals surface area contributed by atoms with E-state index in [0.29, 0.717) is 24.5 Å². The zero-order valence-corrected chi connectivity index (χ0v) is 15.4. The van der Waals surface area contributed by atoms with Crippen LogP contribution in [0.15, 0.2) is 40.5 Å². The summed E-state index contributed by atoms with van der Waals surface area (Å²) in [6.45, 7) is 6.89. The number of sulfonamides is 1. The maximum atomic E-state index is 12.4. The van der Waals surface area contributed by atoms with Gasteiger partial charge in [0.25, 0.3) is 15.9 Å². The lowest BCUT2D eigenvalue weighted by molar-refractivity contribution is -0.117. The number of hydrogen-bond donors (Lipinski definition) is 1. The van der Waals surface area contributed by atoms with Gasteiger partial charge in [0.15, 0.2) is 0 Å². The van der Waals surface area contributed by atoms with Crippen molar-refractivity contribution >= 4 is 21.8 Å². The topological polar surface area (TPSA) is 78.8 Å². The van der Waals surface area contributed by atoms with Crippen LogP contribution in [0.3, 0.4) is 0 Å². The molecule has 3 rings (SSSR count). The fraction of sp³-hybridized carbons (Fsp3) is 0.333. The van der Waals surface area contributed by atoms with Crippen LogP contribution in [0.4, 0.5) is 0 Å². The van der Waals surface area contributed by atoms with Gasteiger partial charge in [0, 0.05) is 19.3 Å². The van der Waals surface area contributed by atoms with Crippen molar-refractivity contribution in [2.24, 2.45) is 4.40 Å². The van der Waals surface area contributed by atoms with Crippen LogP contribution in [-0.2, 0) is 21.4 Å². The second kappa shape index (κ2) is 6.48. The third-order valence-electron chi connectivity index (χ3n) is 4.35. The van der Waals surface area contributed by atoms with E-state index in [1.165, 1.54) is 5.56 Å². The fourth-order valence-electron chi connectivity index (χ4n) is 3.09. The monoisotopic (exact) mass is 359 g/mol. The number of amidine groups is 1. The highest BCUT2D eigenvalue weighted by atomic mass is 32.2. The molecule has 1 N–H and O–H groups in total. The first kappa shape index (κ1) is 17.4. The quantitative estimate of drug-likeness (QED) is 0.891. The number of fused-ring (bicyclic) bond motifs is 1. The number of nitrogens with one attached hydrogen (secondary N) is 1. The standard InChI is InChI=1S/C18H21N3O3S/c1-12-8-13(2)16(14(3)9-12)10-19-18(22)15-4-5-17-20-25(23,24)7-6-21(17)11-15/h4-5,8-9,11H,6-7,10H2,1-3H3,(H,19,22). The van der Waals surface area contributed by atoms with Crippen LogP contribution < -0.4 is 5.32 Å². The van der Waals surface area contributed by atoms with E-state index in [1.807, 2.05) is 13.8 Å². The molecule has 6 nitrogen and oxygen atoms in total. The summed E-state index contributed by atoms with van der Waals surface area (Å²) in [5.41, 5.74) is 5.12. The molecule has 1 amide bonds. The summed E-state index contributed by atoms with van der Waals surface area (Å²) in [6, 6.07) is 4.20. The van der Waals surface area contributed by atoms with Gasteiger partial charge < -0.3 is 10.2 Å². The van der Waals surface area contributed by atoms with Gasteiger partial charge in [-0.25, -0.2) is 8.42 Å². The number of rotatable bonds is 3. The molecule has 1 aromatic rings. The van der Waals surface area contributed by atoms with E-state index in [1.54, 1.807) is 23.3 Å². The predicted octanol–water partition coefficient (Wildman–Crippen LogP) is 1.73. The number of nitrogens with zero attached hydrogens (tertiary/aromatic N) is 2. The van der Waals surface area contributed by atoms with Crippen molar-refractivity contribution in [1.82, 2.24) is 10.2 Å². The first-order valence-electron chi connectivity index (χ1n) is 8.09. The number of aryl methyl sites for hydroxylation is 3. The molecule has 0 spiro atoms. The second-order valence-corrected chi connectivity index (χ2v) is 8.16. The Labute approximate surface area is 148 Å². The van der Waals surface area contributed by atoms with Crippen LogP contribution in [0.2, 0.25) is 0 Å². The Morgan fingerprint density at radius 3 is 2.56 bits per heavy atom. The van der Waals surface area contributed by atoms with Crippen LogP contribution in [0.5, 0.6) is 0 Å². The van der Waals surface area contributed by atoms with E-state index in [2.05, 4.69) is 28.8 Å². The van der Waals surface area contributed by atoms with Crippen molar-refractivity contribution < 1.29 is 13.2 Å². The molecule has 0 atom stereocenters. The van der Waals surface area contributed by atoms with Gasteiger partial charge in [0.2, 0.25) is 0 Å². The van der Waals surface area contributed by atoms with E-state index >= 15 is 0 Å². The molecule has 0 aliphatic carbocycles. The van der Waals surface area contributed by atoms with Gasteiger partial charge in [0.05, 0.1) is 11.3 Å². The predicted molar refractivity (Wildman–Crippen MR) is 97.7 cm³/mol. The minimum Gasteiger partial charge on any atom is -0.348 e. The lowest BCUT2D eigenvalue weighted by atomic mass is 10.00. The van der Waals surface area contributed by atoms with Crippen LogP contribution in [0, 0.1) is 20.8 Å². The number of hydrogen-bond acceptors (Lipinski definition) is 4. The molecule has 0 radical (unpaired) electrons. The third-order valence-corrected chi connectivity index (χ3v) is 5.52. The average Bonchev–Trinajstić information content (AvgIpc) is 2.52. The molecule has 7 heteroatoms. The molecular weight excluding hydrogens is 338 g/mol. The molecule has 0 saturated heterocycles. The van der Waals surface area contributed by atoms with E-state index in [0.717, 1.165) is 16.7 Å². The summed E-state index contributed by atoms with van der Waals surface area (Å²) in [6.07, 6.45) is 4.81. The first-order chi connectivity index (χ1) is 11.7. The number of carbonyl (C=O) groups is 1. The molecule has 0 saturated carbocycles. The van der Waals surface area contributed by atoms with Crippen LogP contribution in [0.25, 0.3) is 0 Å². The minimum absolute atomic E-state index is 0.0442. The molecule has 0 bridgehead atoms. The summed E-state index contributed by atoms with van der Waals surface area (Å²) >= 11 is 0. The molecule has 1 aromatic carbocycles. The number of amides is 1. The van der Waals surface area contributed by atoms with E-state index < -0.39 is 10.0 Å². The Morgan fingerprint density at radius 2 is 1.88 bits per heavy atom. The number of carbonyl (C=O) groups excluding carboxylic acids is 1. The normalized spacial score (nSPS) is 18.3. The average molecular weight is 359 g/mol. The lowest BCUT2D eigenvalue weighted by Crippen LogP contribution is -2.38. The van der Waals surface area contributed by atoms with Crippen molar-refractivity contribution in [1.29, 1.82) is 0 Å². The molecule has 0 fully saturated rings. The summed E-state index contributed by atoms with van der Waals surface area (Å²) in [5.74, 6) is 0.119. The highest BCUT2D eigenvalue weighted by molar-refractivity contribution is 7.90. The van der Waals surface area contributed by atoms with E-state index in [4.69, 9.17) is 0 Å². The van der Waals surface area contributed by atoms with Crippen LogP contribution in [-0.4, -0.2) is 37.4 Å².